The lowest BCUT2D eigenvalue weighted by atomic mass is 10.0. The van der Waals surface area contributed by atoms with Crippen molar-refractivity contribution in [2.75, 3.05) is 6.54 Å². The Morgan fingerprint density at radius 3 is 2.72 bits per heavy atom. The molecule has 3 heterocycles. The van der Waals surface area contributed by atoms with E-state index in [-0.39, 0.29) is 6.04 Å². The third kappa shape index (κ3) is 2.67. The molecular weight excluding hydrogens is 336 g/mol. The van der Waals surface area contributed by atoms with E-state index in [2.05, 4.69) is 21.2 Å². The van der Waals surface area contributed by atoms with Gasteiger partial charge in [0, 0.05) is 17.8 Å². The monoisotopic (exact) mass is 358 g/mol. The number of para-hydroxylation sites is 1. The predicted molar refractivity (Wildman–Crippen MR) is 96.8 cm³/mol. The van der Waals surface area contributed by atoms with Crippen LogP contribution in [0.2, 0.25) is 0 Å². The third-order valence-corrected chi connectivity index (χ3v) is 7.16. The van der Waals surface area contributed by atoms with Gasteiger partial charge in [0.1, 0.15) is 4.90 Å². The van der Waals surface area contributed by atoms with Crippen molar-refractivity contribution in [1.29, 1.82) is 0 Å². The van der Waals surface area contributed by atoms with Crippen molar-refractivity contribution in [3.8, 4) is 0 Å². The molecule has 1 aromatic carbocycles. The summed E-state index contributed by atoms with van der Waals surface area (Å²) in [6.45, 7) is 4.03. The second-order valence-electron chi connectivity index (χ2n) is 6.70. The Bertz CT molecular complexity index is 966. The van der Waals surface area contributed by atoms with Gasteiger partial charge < -0.3 is 4.98 Å². The molecule has 0 radical (unpaired) electrons. The van der Waals surface area contributed by atoms with Gasteiger partial charge >= 0.3 is 0 Å². The summed E-state index contributed by atoms with van der Waals surface area (Å²) in [6, 6.07) is 9.94. The molecule has 25 heavy (non-hydrogen) atoms. The number of aromatic amines is 2. The maximum absolute atomic E-state index is 13.3. The number of fused-ring (bicyclic) bond motifs is 1. The first-order valence-corrected chi connectivity index (χ1v) is 10.0. The summed E-state index contributed by atoms with van der Waals surface area (Å²) in [5, 5.41) is 7.97. The molecule has 7 heteroatoms. The van der Waals surface area contributed by atoms with E-state index in [9.17, 15) is 8.42 Å². The fourth-order valence-corrected chi connectivity index (χ4v) is 5.83. The van der Waals surface area contributed by atoms with Gasteiger partial charge in [-0.1, -0.05) is 24.6 Å². The van der Waals surface area contributed by atoms with Crippen LogP contribution >= 0.6 is 0 Å². The van der Waals surface area contributed by atoms with Crippen molar-refractivity contribution < 1.29 is 8.42 Å². The summed E-state index contributed by atoms with van der Waals surface area (Å²) in [7, 11) is -3.60. The van der Waals surface area contributed by atoms with Crippen LogP contribution in [0.5, 0.6) is 0 Å². The molecule has 1 fully saturated rings. The van der Waals surface area contributed by atoms with Crippen LogP contribution in [0, 0.1) is 13.8 Å². The van der Waals surface area contributed by atoms with E-state index in [0.29, 0.717) is 22.8 Å². The van der Waals surface area contributed by atoms with Gasteiger partial charge in [-0.3, -0.25) is 5.10 Å². The third-order valence-electron chi connectivity index (χ3n) is 4.99. The van der Waals surface area contributed by atoms with Crippen molar-refractivity contribution in [1.82, 2.24) is 19.5 Å². The van der Waals surface area contributed by atoms with Gasteiger partial charge in [-0.2, -0.15) is 9.40 Å². The number of rotatable bonds is 3. The Kier molecular flexibility index (Phi) is 3.92. The molecule has 0 bridgehead atoms. The molecule has 132 valence electrons. The van der Waals surface area contributed by atoms with Crippen LogP contribution in [0.1, 0.15) is 42.4 Å². The molecule has 0 saturated carbocycles. The molecule has 2 aromatic heterocycles. The zero-order chi connectivity index (χ0) is 17.6. The Morgan fingerprint density at radius 2 is 2.00 bits per heavy atom. The van der Waals surface area contributed by atoms with Crippen LogP contribution < -0.4 is 0 Å². The summed E-state index contributed by atoms with van der Waals surface area (Å²) in [6.07, 6.45) is 2.73. The fraction of sp³-hybridized carbons (Fsp3) is 0.389. The molecule has 1 unspecified atom stereocenters. The quantitative estimate of drug-likeness (QED) is 0.752. The molecule has 4 rings (SSSR count). The topological polar surface area (TPSA) is 81.8 Å². The van der Waals surface area contributed by atoms with Crippen molar-refractivity contribution in [3.05, 3.63) is 47.4 Å². The van der Waals surface area contributed by atoms with Crippen molar-refractivity contribution in [2.24, 2.45) is 0 Å². The zero-order valence-corrected chi connectivity index (χ0v) is 15.2. The minimum absolute atomic E-state index is 0.167. The lowest BCUT2D eigenvalue weighted by Crippen LogP contribution is -2.39. The SMILES string of the molecule is Cc1n[nH]c(C)c1S(=O)(=O)N1CCCCC1c1cc2ccccc2[nH]1. The highest BCUT2D eigenvalue weighted by Crippen LogP contribution is 2.37. The van der Waals surface area contributed by atoms with Crippen LogP contribution in [-0.4, -0.2) is 34.4 Å². The number of benzene rings is 1. The van der Waals surface area contributed by atoms with E-state index in [1.54, 1.807) is 18.2 Å². The molecule has 1 aliphatic rings. The molecule has 1 saturated heterocycles. The highest BCUT2D eigenvalue weighted by Gasteiger charge is 2.37. The lowest BCUT2D eigenvalue weighted by molar-refractivity contribution is 0.252. The molecule has 2 N–H and O–H groups in total. The number of H-pyrrole nitrogens is 2. The summed E-state index contributed by atoms with van der Waals surface area (Å²) in [5.74, 6) is 0. The normalized spacial score (nSPS) is 19.5. The highest BCUT2D eigenvalue weighted by molar-refractivity contribution is 7.89. The van der Waals surface area contributed by atoms with Crippen LogP contribution in [0.15, 0.2) is 35.2 Å². The van der Waals surface area contributed by atoms with Gasteiger partial charge in [0.05, 0.1) is 17.4 Å². The first-order valence-electron chi connectivity index (χ1n) is 8.59. The average Bonchev–Trinajstić information content (AvgIpc) is 3.18. The van der Waals surface area contributed by atoms with Gasteiger partial charge in [0.15, 0.2) is 0 Å². The molecule has 0 aliphatic carbocycles. The van der Waals surface area contributed by atoms with Crippen molar-refractivity contribution >= 4 is 20.9 Å². The van der Waals surface area contributed by atoms with Crippen molar-refractivity contribution in [3.63, 3.8) is 0 Å². The van der Waals surface area contributed by atoms with Crippen molar-refractivity contribution in [2.45, 2.75) is 44.0 Å². The number of piperidine rings is 1. The number of nitrogens with one attached hydrogen (secondary N) is 2. The summed E-state index contributed by atoms with van der Waals surface area (Å²) >= 11 is 0. The van der Waals surface area contributed by atoms with Crippen LogP contribution in [-0.2, 0) is 10.0 Å². The van der Waals surface area contributed by atoms with E-state index in [0.717, 1.165) is 35.9 Å². The van der Waals surface area contributed by atoms with Crippen LogP contribution in [0.3, 0.4) is 0 Å². The number of aromatic nitrogens is 3. The first-order chi connectivity index (χ1) is 12.0. The fourth-order valence-electron chi connectivity index (χ4n) is 3.82. The van der Waals surface area contributed by atoms with E-state index >= 15 is 0 Å². The number of aryl methyl sites for hydroxylation is 2. The molecule has 3 aromatic rings. The number of hydrogen-bond donors (Lipinski definition) is 2. The van der Waals surface area contributed by atoms with Gasteiger partial charge in [-0.15, -0.1) is 0 Å². The van der Waals surface area contributed by atoms with E-state index < -0.39 is 10.0 Å². The van der Waals surface area contributed by atoms with Gasteiger partial charge in [0.2, 0.25) is 10.0 Å². The molecule has 0 spiro atoms. The van der Waals surface area contributed by atoms with E-state index in [1.807, 2.05) is 24.3 Å². The van der Waals surface area contributed by atoms with E-state index in [1.165, 1.54) is 0 Å². The first kappa shape index (κ1) is 16.4. The molecular formula is C18H22N4O2S. The van der Waals surface area contributed by atoms with Gasteiger partial charge in [-0.05, 0) is 44.2 Å². The second kappa shape index (κ2) is 6.00. The second-order valence-corrected chi connectivity index (χ2v) is 8.53. The Labute approximate surface area is 147 Å². The molecule has 6 nitrogen and oxygen atoms in total. The minimum atomic E-state index is -3.60. The largest absolute Gasteiger partial charge is 0.357 e. The molecule has 0 amide bonds. The zero-order valence-electron chi connectivity index (χ0n) is 14.4. The van der Waals surface area contributed by atoms with Crippen LogP contribution in [0.25, 0.3) is 10.9 Å². The number of sulfonamides is 1. The molecule has 1 aliphatic heterocycles. The number of hydrogen-bond acceptors (Lipinski definition) is 3. The van der Waals surface area contributed by atoms with Crippen LogP contribution in [0.4, 0.5) is 0 Å². The standard InChI is InChI=1S/C18H22N4O2S/c1-12-18(13(2)21-20-12)25(23,24)22-10-6-5-9-17(22)16-11-14-7-3-4-8-15(14)19-16/h3-4,7-8,11,17,19H,5-6,9-10H2,1-2H3,(H,20,21). The Balaban J connectivity index is 1.79. The Hall–Kier alpha value is -2.12. The average molecular weight is 358 g/mol. The smallest absolute Gasteiger partial charge is 0.247 e. The summed E-state index contributed by atoms with van der Waals surface area (Å²) in [4.78, 5) is 3.73. The lowest BCUT2D eigenvalue weighted by Gasteiger charge is -2.34. The van der Waals surface area contributed by atoms with Gasteiger partial charge in [-0.25, -0.2) is 8.42 Å². The summed E-state index contributed by atoms with van der Waals surface area (Å²) in [5.41, 5.74) is 3.12. The highest BCUT2D eigenvalue weighted by atomic mass is 32.2. The summed E-state index contributed by atoms with van der Waals surface area (Å²) < 4.78 is 28.3. The predicted octanol–water partition coefficient (Wildman–Crippen LogP) is 3.42. The maximum atomic E-state index is 13.3. The molecule has 1 atom stereocenters. The van der Waals surface area contributed by atoms with E-state index in [4.69, 9.17) is 0 Å². The van der Waals surface area contributed by atoms with Gasteiger partial charge in [0.25, 0.3) is 0 Å². The number of nitrogens with zero attached hydrogens (tertiary/aromatic N) is 2. The maximum Gasteiger partial charge on any atom is 0.247 e. The Morgan fingerprint density at radius 1 is 1.20 bits per heavy atom. The minimum Gasteiger partial charge on any atom is -0.357 e.